The van der Waals surface area contributed by atoms with Crippen LogP contribution in [-0.4, -0.2) is 8.59 Å². The predicted molar refractivity (Wildman–Crippen MR) is 72.5 cm³/mol. The molecule has 0 saturated carbocycles. The molecular formula is C8H16Cl6. The van der Waals surface area contributed by atoms with Crippen LogP contribution in [0.2, 0.25) is 0 Å². The number of rotatable bonds is 3. The van der Waals surface area contributed by atoms with Crippen LogP contribution in [0, 0.1) is 0 Å². The molecule has 14 heavy (non-hydrogen) atoms. The van der Waals surface area contributed by atoms with Crippen LogP contribution in [0.3, 0.4) is 0 Å². The summed E-state index contributed by atoms with van der Waals surface area (Å²) >= 11 is 28.8. The highest BCUT2D eigenvalue weighted by Gasteiger charge is 1.79. The molecule has 0 aromatic carbocycles. The topological polar surface area (TPSA) is 0 Å². The first-order chi connectivity index (χ1) is 6.38. The maximum Gasteiger partial charge on any atom is 0.180 e. The summed E-state index contributed by atoms with van der Waals surface area (Å²) in [6.07, 6.45) is 5.54. The van der Waals surface area contributed by atoms with E-state index in [4.69, 9.17) is 69.6 Å². The van der Waals surface area contributed by atoms with Crippen molar-refractivity contribution in [3.8, 4) is 0 Å². The molecule has 0 N–H and O–H groups in total. The Kier molecular flexibility index (Phi) is 30.4. The van der Waals surface area contributed by atoms with E-state index in [0.717, 1.165) is 0 Å². The van der Waals surface area contributed by atoms with Crippen molar-refractivity contribution in [3.63, 3.8) is 0 Å². The van der Waals surface area contributed by atoms with Crippen LogP contribution >= 0.6 is 69.6 Å². The van der Waals surface area contributed by atoms with Gasteiger partial charge in [-0.3, -0.25) is 0 Å². The quantitative estimate of drug-likeness (QED) is 0.407. The number of halogens is 6. The second-order valence-corrected chi connectivity index (χ2v) is 6.16. The van der Waals surface area contributed by atoms with E-state index < -0.39 is 8.59 Å². The monoisotopic (exact) mass is 322 g/mol. The normalized spacial score (nSPS) is 9.00. The lowest BCUT2D eigenvalue weighted by molar-refractivity contribution is 0.702. The molecule has 0 aliphatic heterocycles. The second kappa shape index (κ2) is 20.2. The number of alkyl halides is 6. The van der Waals surface area contributed by atoms with Crippen molar-refractivity contribution in [1.82, 2.24) is 0 Å². The molecule has 0 aromatic heterocycles. The van der Waals surface area contributed by atoms with Gasteiger partial charge in [0.2, 0.25) is 0 Å². The molecule has 0 rings (SSSR count). The smallest absolute Gasteiger partial charge is 0.0874 e. The van der Waals surface area contributed by atoms with Crippen molar-refractivity contribution >= 4 is 69.6 Å². The minimum atomic E-state index is -0.750. The van der Waals surface area contributed by atoms with Gasteiger partial charge in [0.05, 0.1) is 0 Å². The van der Waals surface area contributed by atoms with Crippen LogP contribution in [0.15, 0.2) is 0 Å². The summed E-state index contributed by atoms with van der Waals surface area (Å²) in [6.45, 7) is 4.46. The van der Waals surface area contributed by atoms with Gasteiger partial charge in [0, 0.05) is 0 Å². The minimum absolute atomic E-state index is 0.750. The Balaban J connectivity index is -0.000000135. The molecule has 0 aromatic rings. The van der Waals surface area contributed by atoms with Gasteiger partial charge in [-0.15, -0.1) is 0 Å². The summed E-state index contributed by atoms with van der Waals surface area (Å²) in [6, 6.07) is 0. The zero-order valence-electron chi connectivity index (χ0n) is 8.25. The van der Waals surface area contributed by atoms with E-state index in [-0.39, 0.29) is 0 Å². The van der Waals surface area contributed by atoms with Crippen molar-refractivity contribution in [2.75, 3.05) is 0 Å². The van der Waals surface area contributed by atoms with Crippen LogP contribution in [0.1, 0.15) is 39.5 Å². The highest BCUT2D eigenvalue weighted by Crippen LogP contribution is 2.04. The number of hydrogen-bond acceptors (Lipinski definition) is 0. The van der Waals surface area contributed by atoms with Crippen LogP contribution < -0.4 is 0 Å². The Labute approximate surface area is 117 Å². The third kappa shape index (κ3) is 99.3. The molecule has 0 spiro atoms. The molecule has 0 aliphatic rings. The summed E-state index contributed by atoms with van der Waals surface area (Å²) in [4.78, 5) is 0. The standard InChI is InChI=1S/C6H14.2CHCl3/c1-3-5-6-4-2;2*2-1(3)4/h3-6H2,1-2H3;2*1H. The molecule has 0 bridgehead atoms. The number of hydrogen-bond donors (Lipinski definition) is 0. The van der Waals surface area contributed by atoms with Crippen LogP contribution in [0.4, 0.5) is 0 Å². The average molecular weight is 325 g/mol. The lowest BCUT2D eigenvalue weighted by Gasteiger charge is -1.86. The molecule has 0 heterocycles. The molecule has 0 nitrogen and oxygen atoms in total. The van der Waals surface area contributed by atoms with E-state index in [1.165, 1.54) is 25.7 Å². The molecule has 0 fully saturated rings. The third-order valence-corrected chi connectivity index (χ3v) is 0.957. The van der Waals surface area contributed by atoms with Gasteiger partial charge >= 0.3 is 0 Å². The van der Waals surface area contributed by atoms with Gasteiger partial charge in [-0.05, 0) is 0 Å². The third-order valence-electron chi connectivity index (χ3n) is 0.957. The molecule has 0 atom stereocenters. The first-order valence-electron chi connectivity index (χ1n) is 4.22. The first kappa shape index (κ1) is 21.1. The number of unbranched alkanes of at least 4 members (excludes halogenated alkanes) is 3. The lowest BCUT2D eigenvalue weighted by Crippen LogP contribution is -1.66. The van der Waals surface area contributed by atoms with E-state index in [0.29, 0.717) is 0 Å². The van der Waals surface area contributed by atoms with Crippen molar-refractivity contribution in [2.45, 2.75) is 48.1 Å². The molecule has 0 unspecified atom stereocenters. The van der Waals surface area contributed by atoms with Crippen LogP contribution in [-0.2, 0) is 0 Å². The van der Waals surface area contributed by atoms with Gasteiger partial charge in [0.25, 0.3) is 0 Å². The van der Waals surface area contributed by atoms with Gasteiger partial charge in [-0.1, -0.05) is 109 Å². The van der Waals surface area contributed by atoms with E-state index in [1.54, 1.807) is 0 Å². The van der Waals surface area contributed by atoms with E-state index >= 15 is 0 Å². The summed E-state index contributed by atoms with van der Waals surface area (Å²) in [5.41, 5.74) is 0. The molecule has 0 saturated heterocycles. The van der Waals surface area contributed by atoms with E-state index in [2.05, 4.69) is 13.8 Å². The molecular weight excluding hydrogens is 309 g/mol. The van der Waals surface area contributed by atoms with Gasteiger partial charge in [0.1, 0.15) is 0 Å². The fourth-order valence-electron chi connectivity index (χ4n) is 0.500. The second-order valence-electron chi connectivity index (χ2n) is 2.20. The van der Waals surface area contributed by atoms with Crippen LogP contribution in [0.5, 0.6) is 0 Å². The molecule has 0 radical (unpaired) electrons. The van der Waals surface area contributed by atoms with Gasteiger partial charge in [-0.25, -0.2) is 0 Å². The van der Waals surface area contributed by atoms with Gasteiger partial charge < -0.3 is 0 Å². The van der Waals surface area contributed by atoms with Crippen molar-refractivity contribution in [2.24, 2.45) is 0 Å². The predicted octanol–water partition coefficient (Wildman–Crippen LogP) is 6.56. The Morgan fingerprint density at radius 2 is 0.786 bits per heavy atom. The zero-order chi connectivity index (χ0) is 12.0. The Morgan fingerprint density at radius 1 is 0.643 bits per heavy atom. The van der Waals surface area contributed by atoms with Gasteiger partial charge in [-0.2, -0.15) is 0 Å². The molecule has 6 heteroatoms. The Hall–Kier alpha value is 1.74. The fourth-order valence-corrected chi connectivity index (χ4v) is 0.500. The first-order valence-corrected chi connectivity index (χ1v) is 6.84. The Morgan fingerprint density at radius 3 is 0.857 bits per heavy atom. The average Bonchev–Trinajstić information content (AvgIpc) is 1.98. The maximum absolute atomic E-state index is 4.81. The lowest BCUT2D eigenvalue weighted by atomic mass is 10.2. The van der Waals surface area contributed by atoms with Crippen molar-refractivity contribution < 1.29 is 0 Å². The molecule has 90 valence electrons. The van der Waals surface area contributed by atoms with Crippen molar-refractivity contribution in [3.05, 3.63) is 0 Å². The maximum atomic E-state index is 4.81. The summed E-state index contributed by atoms with van der Waals surface area (Å²) in [7, 11) is 0. The van der Waals surface area contributed by atoms with E-state index in [1.807, 2.05) is 0 Å². The van der Waals surface area contributed by atoms with Crippen LogP contribution in [0.25, 0.3) is 0 Å². The minimum Gasteiger partial charge on any atom is -0.0874 e. The summed E-state index contributed by atoms with van der Waals surface area (Å²) < 4.78 is -1.50. The zero-order valence-corrected chi connectivity index (χ0v) is 12.8. The summed E-state index contributed by atoms with van der Waals surface area (Å²) in [5, 5.41) is 0. The van der Waals surface area contributed by atoms with E-state index in [9.17, 15) is 0 Å². The SMILES string of the molecule is CCCCCC.ClC(Cl)Cl.ClC(Cl)Cl. The molecule has 0 amide bonds. The highest BCUT2D eigenvalue weighted by molar-refractivity contribution is 6.63. The molecule has 0 aliphatic carbocycles. The van der Waals surface area contributed by atoms with Gasteiger partial charge in [0.15, 0.2) is 8.59 Å². The fraction of sp³-hybridized carbons (Fsp3) is 1.00. The summed E-state index contributed by atoms with van der Waals surface area (Å²) in [5.74, 6) is 0. The van der Waals surface area contributed by atoms with Crippen molar-refractivity contribution in [1.29, 1.82) is 0 Å². The highest BCUT2D eigenvalue weighted by atomic mass is 35.6. The Bertz CT molecular complexity index is 60.7. The largest absolute Gasteiger partial charge is 0.180 e.